The van der Waals surface area contributed by atoms with Gasteiger partial charge >= 0.3 is 0 Å². The number of aromatic hydroxyl groups is 1. The highest BCUT2D eigenvalue weighted by atomic mass is 16.5. The molecule has 1 fully saturated rings. The van der Waals surface area contributed by atoms with Gasteiger partial charge in [-0.2, -0.15) is 0 Å². The van der Waals surface area contributed by atoms with Crippen molar-refractivity contribution in [2.24, 2.45) is 0 Å². The van der Waals surface area contributed by atoms with Crippen LogP contribution in [0.15, 0.2) is 12.1 Å². The van der Waals surface area contributed by atoms with Crippen LogP contribution in [0.5, 0.6) is 17.2 Å². The molecule has 6 nitrogen and oxygen atoms in total. The molecule has 21 heavy (non-hydrogen) atoms. The molecule has 0 radical (unpaired) electrons. The largest absolute Gasteiger partial charge is 0.502 e. The fraction of sp³-hybridized carbons (Fsp3) is 0.533. The molecular weight excluding hydrogens is 272 g/mol. The molecule has 1 heterocycles. The summed E-state index contributed by atoms with van der Waals surface area (Å²) in [7, 11) is 3.04. The summed E-state index contributed by atoms with van der Waals surface area (Å²) in [4.78, 5) is 15.4. The number of piperazine rings is 1. The Hall–Kier alpha value is -1.95. The average molecular weight is 294 g/mol. The quantitative estimate of drug-likeness (QED) is 0.900. The first-order valence-corrected chi connectivity index (χ1v) is 6.97. The lowest BCUT2D eigenvalue weighted by molar-refractivity contribution is -0.130. The Balaban J connectivity index is 2.05. The third-order valence-corrected chi connectivity index (χ3v) is 3.76. The summed E-state index contributed by atoms with van der Waals surface area (Å²) < 4.78 is 10.3. The van der Waals surface area contributed by atoms with Gasteiger partial charge in [0.15, 0.2) is 11.5 Å². The second kappa shape index (κ2) is 6.67. The highest BCUT2D eigenvalue weighted by Gasteiger charge is 2.19. The van der Waals surface area contributed by atoms with Crippen LogP contribution in [0.3, 0.4) is 0 Å². The van der Waals surface area contributed by atoms with Crippen LogP contribution in [-0.4, -0.2) is 61.2 Å². The predicted molar refractivity (Wildman–Crippen MR) is 78.7 cm³/mol. The first-order chi connectivity index (χ1) is 10.0. The normalized spacial score (nSPS) is 15.9. The highest BCUT2D eigenvalue weighted by molar-refractivity contribution is 5.73. The first kappa shape index (κ1) is 15.4. The maximum absolute atomic E-state index is 11.3. The van der Waals surface area contributed by atoms with Gasteiger partial charge < -0.3 is 19.5 Å². The maximum Gasteiger partial charge on any atom is 0.219 e. The summed E-state index contributed by atoms with van der Waals surface area (Å²) in [5.41, 5.74) is 1.01. The number of benzene rings is 1. The predicted octanol–water partition coefficient (Wildman–Crippen LogP) is 1.07. The molecule has 1 saturated heterocycles. The van der Waals surface area contributed by atoms with Crippen molar-refractivity contribution >= 4 is 5.91 Å². The second-order valence-corrected chi connectivity index (χ2v) is 5.13. The number of carbonyl (C=O) groups excluding carboxylic acids is 1. The van der Waals surface area contributed by atoms with Crippen molar-refractivity contribution in [1.29, 1.82) is 0 Å². The van der Waals surface area contributed by atoms with Crippen LogP contribution >= 0.6 is 0 Å². The number of carbonyl (C=O) groups is 1. The molecule has 0 spiro atoms. The monoisotopic (exact) mass is 294 g/mol. The zero-order valence-corrected chi connectivity index (χ0v) is 12.8. The van der Waals surface area contributed by atoms with Crippen LogP contribution in [0.1, 0.15) is 12.5 Å². The van der Waals surface area contributed by atoms with E-state index in [2.05, 4.69) is 4.90 Å². The maximum atomic E-state index is 11.3. The lowest BCUT2D eigenvalue weighted by atomic mass is 10.1. The van der Waals surface area contributed by atoms with Gasteiger partial charge in [-0.3, -0.25) is 9.69 Å². The Kier molecular flexibility index (Phi) is 4.90. The molecule has 1 N–H and O–H groups in total. The van der Waals surface area contributed by atoms with Gasteiger partial charge in [0.2, 0.25) is 11.7 Å². The third-order valence-electron chi connectivity index (χ3n) is 3.76. The van der Waals surface area contributed by atoms with E-state index >= 15 is 0 Å². The minimum atomic E-state index is 0.0187. The van der Waals surface area contributed by atoms with E-state index in [-0.39, 0.29) is 11.7 Å². The van der Waals surface area contributed by atoms with Crippen molar-refractivity contribution in [3.05, 3.63) is 17.7 Å². The molecule has 0 bridgehead atoms. The molecule has 0 unspecified atom stereocenters. The Morgan fingerprint density at radius 1 is 1.14 bits per heavy atom. The molecule has 1 aliphatic heterocycles. The summed E-state index contributed by atoms with van der Waals surface area (Å²) in [5.74, 6) is 0.964. The fourth-order valence-electron chi connectivity index (χ4n) is 2.52. The molecule has 0 atom stereocenters. The van der Waals surface area contributed by atoms with Gasteiger partial charge in [-0.1, -0.05) is 0 Å². The summed E-state index contributed by atoms with van der Waals surface area (Å²) in [5, 5.41) is 9.91. The van der Waals surface area contributed by atoms with Crippen molar-refractivity contribution in [2.45, 2.75) is 13.5 Å². The minimum Gasteiger partial charge on any atom is -0.502 e. The number of phenolic OH excluding ortho intramolecular Hbond substituents is 1. The number of hydrogen-bond acceptors (Lipinski definition) is 5. The molecule has 2 rings (SSSR count). The molecule has 0 aromatic heterocycles. The van der Waals surface area contributed by atoms with Crippen molar-refractivity contribution in [1.82, 2.24) is 9.80 Å². The Morgan fingerprint density at radius 3 is 2.10 bits per heavy atom. The van der Waals surface area contributed by atoms with Gasteiger partial charge in [-0.05, 0) is 17.7 Å². The molecule has 6 heteroatoms. The van der Waals surface area contributed by atoms with E-state index in [1.807, 2.05) is 17.0 Å². The molecule has 1 amide bonds. The second-order valence-electron chi connectivity index (χ2n) is 5.13. The molecule has 1 aromatic rings. The van der Waals surface area contributed by atoms with Crippen LogP contribution in [-0.2, 0) is 11.3 Å². The molecule has 0 saturated carbocycles. The third kappa shape index (κ3) is 3.58. The Morgan fingerprint density at radius 2 is 1.67 bits per heavy atom. The van der Waals surface area contributed by atoms with Gasteiger partial charge in [0.05, 0.1) is 14.2 Å². The van der Waals surface area contributed by atoms with Gasteiger partial charge in [0.25, 0.3) is 0 Å². The van der Waals surface area contributed by atoms with Crippen molar-refractivity contribution in [2.75, 3.05) is 40.4 Å². The van der Waals surface area contributed by atoms with E-state index in [9.17, 15) is 9.90 Å². The van der Waals surface area contributed by atoms with Gasteiger partial charge in [-0.25, -0.2) is 0 Å². The number of nitrogens with zero attached hydrogens (tertiary/aromatic N) is 2. The number of methoxy groups -OCH3 is 2. The molecule has 0 aliphatic carbocycles. The van der Waals surface area contributed by atoms with Crippen molar-refractivity contribution in [3.8, 4) is 17.2 Å². The van der Waals surface area contributed by atoms with Gasteiger partial charge in [-0.15, -0.1) is 0 Å². The summed E-state index contributed by atoms with van der Waals surface area (Å²) in [6.45, 7) is 5.52. The topological polar surface area (TPSA) is 62.2 Å². The van der Waals surface area contributed by atoms with Crippen molar-refractivity contribution < 1.29 is 19.4 Å². The highest BCUT2D eigenvalue weighted by Crippen LogP contribution is 2.37. The molecule has 116 valence electrons. The summed E-state index contributed by atoms with van der Waals surface area (Å²) >= 11 is 0. The van der Waals surface area contributed by atoms with E-state index < -0.39 is 0 Å². The number of hydrogen-bond donors (Lipinski definition) is 1. The lowest BCUT2D eigenvalue weighted by Crippen LogP contribution is -2.47. The molecule has 1 aliphatic rings. The fourth-order valence-corrected chi connectivity index (χ4v) is 2.52. The van der Waals surface area contributed by atoms with E-state index in [0.717, 1.165) is 38.3 Å². The summed E-state index contributed by atoms with van der Waals surface area (Å²) in [6.07, 6.45) is 0. The number of amides is 1. The Bertz CT molecular complexity index is 485. The van der Waals surface area contributed by atoms with E-state index in [1.54, 1.807) is 6.92 Å². The summed E-state index contributed by atoms with van der Waals surface area (Å²) in [6, 6.07) is 3.63. The zero-order chi connectivity index (χ0) is 15.4. The minimum absolute atomic E-state index is 0.0187. The van der Waals surface area contributed by atoms with E-state index in [1.165, 1.54) is 14.2 Å². The number of rotatable bonds is 4. The lowest BCUT2D eigenvalue weighted by Gasteiger charge is -2.34. The van der Waals surface area contributed by atoms with Crippen LogP contribution < -0.4 is 9.47 Å². The average Bonchev–Trinajstić information content (AvgIpc) is 2.49. The van der Waals surface area contributed by atoms with Crippen LogP contribution in [0.25, 0.3) is 0 Å². The van der Waals surface area contributed by atoms with Crippen LogP contribution in [0.2, 0.25) is 0 Å². The Labute approximate surface area is 124 Å². The number of ether oxygens (including phenoxy) is 2. The van der Waals surface area contributed by atoms with E-state index in [4.69, 9.17) is 9.47 Å². The van der Waals surface area contributed by atoms with Crippen LogP contribution in [0.4, 0.5) is 0 Å². The smallest absolute Gasteiger partial charge is 0.219 e. The van der Waals surface area contributed by atoms with Gasteiger partial charge in [0.1, 0.15) is 0 Å². The standard InChI is InChI=1S/C15H22N2O4/c1-11(18)17-6-4-16(5-7-17)10-12-8-13(20-2)15(19)14(9-12)21-3/h8-9,19H,4-7,10H2,1-3H3. The van der Waals surface area contributed by atoms with Crippen LogP contribution in [0, 0.1) is 0 Å². The van der Waals surface area contributed by atoms with Crippen molar-refractivity contribution in [3.63, 3.8) is 0 Å². The SMILES string of the molecule is COc1cc(CN2CCN(C(C)=O)CC2)cc(OC)c1O. The molecular formula is C15H22N2O4. The zero-order valence-electron chi connectivity index (χ0n) is 12.8. The number of phenols is 1. The van der Waals surface area contributed by atoms with E-state index in [0.29, 0.717) is 11.5 Å². The van der Waals surface area contributed by atoms with Gasteiger partial charge in [0, 0.05) is 39.6 Å². The molecule has 1 aromatic carbocycles. The first-order valence-electron chi connectivity index (χ1n) is 6.97.